The van der Waals surface area contributed by atoms with Crippen molar-refractivity contribution in [2.75, 3.05) is 5.73 Å². The Labute approximate surface area is 71.8 Å². The Balaban J connectivity index is 2.91. The van der Waals surface area contributed by atoms with Crippen LogP contribution < -0.4 is 5.73 Å². The van der Waals surface area contributed by atoms with Gasteiger partial charge in [-0.3, -0.25) is 0 Å². The van der Waals surface area contributed by atoms with Gasteiger partial charge >= 0.3 is 0 Å². The van der Waals surface area contributed by atoms with E-state index in [9.17, 15) is 0 Å². The Kier molecular flexibility index (Phi) is 1.51. The molecule has 0 aliphatic carbocycles. The van der Waals surface area contributed by atoms with Gasteiger partial charge in [0.2, 0.25) is 0 Å². The van der Waals surface area contributed by atoms with Gasteiger partial charge in [0.25, 0.3) is 0 Å². The standard InChI is InChI=1S/C11H11N/c1-8-10-5-3-2-4-9(10)6-7-11(8)12/h2-7H,12H2,1H3. The highest BCUT2D eigenvalue weighted by molar-refractivity contribution is 5.89. The second-order valence-corrected chi connectivity index (χ2v) is 3.00. The number of hydrogen-bond donors (Lipinski definition) is 1. The van der Waals surface area contributed by atoms with Crippen molar-refractivity contribution in [2.45, 2.75) is 6.92 Å². The highest BCUT2D eigenvalue weighted by Crippen LogP contribution is 2.22. The SMILES string of the molecule is Cc1c(N)ccc2ccccc12. The van der Waals surface area contributed by atoms with Crippen LogP contribution in [0.5, 0.6) is 0 Å². The van der Waals surface area contributed by atoms with E-state index in [-0.39, 0.29) is 0 Å². The summed E-state index contributed by atoms with van der Waals surface area (Å²) in [5, 5.41) is 2.50. The number of nitrogens with two attached hydrogens (primary N) is 1. The van der Waals surface area contributed by atoms with Gasteiger partial charge in [0, 0.05) is 5.69 Å². The van der Waals surface area contributed by atoms with Gasteiger partial charge in [-0.25, -0.2) is 0 Å². The molecule has 1 nitrogen and oxygen atoms in total. The van der Waals surface area contributed by atoms with E-state index in [1.54, 1.807) is 0 Å². The molecule has 2 N–H and O–H groups in total. The van der Waals surface area contributed by atoms with Crippen molar-refractivity contribution in [2.24, 2.45) is 0 Å². The van der Waals surface area contributed by atoms with Crippen LogP contribution in [0.3, 0.4) is 0 Å². The molecule has 0 radical (unpaired) electrons. The van der Waals surface area contributed by atoms with E-state index in [1.807, 2.05) is 18.2 Å². The molecule has 1 heteroatoms. The molecule has 2 aromatic rings. The van der Waals surface area contributed by atoms with Gasteiger partial charge < -0.3 is 5.73 Å². The van der Waals surface area contributed by atoms with Crippen molar-refractivity contribution in [1.82, 2.24) is 0 Å². The van der Waals surface area contributed by atoms with E-state index in [2.05, 4.69) is 25.1 Å². The summed E-state index contributed by atoms with van der Waals surface area (Å²) in [6, 6.07) is 12.3. The summed E-state index contributed by atoms with van der Waals surface area (Å²) in [5.41, 5.74) is 7.83. The predicted octanol–water partition coefficient (Wildman–Crippen LogP) is 2.73. The van der Waals surface area contributed by atoms with E-state index in [1.165, 1.54) is 16.3 Å². The maximum atomic E-state index is 5.79. The molecule has 0 aliphatic rings. The Morgan fingerprint density at radius 3 is 2.58 bits per heavy atom. The maximum Gasteiger partial charge on any atom is 0.0350 e. The Hall–Kier alpha value is -1.50. The summed E-state index contributed by atoms with van der Waals surface area (Å²) >= 11 is 0. The van der Waals surface area contributed by atoms with Crippen LogP contribution in [0, 0.1) is 6.92 Å². The van der Waals surface area contributed by atoms with Crippen molar-refractivity contribution >= 4 is 16.5 Å². The van der Waals surface area contributed by atoms with Crippen LogP contribution in [0.4, 0.5) is 5.69 Å². The molecule has 12 heavy (non-hydrogen) atoms. The number of nitrogen functional groups attached to an aromatic ring is 1. The van der Waals surface area contributed by atoms with Gasteiger partial charge in [0.05, 0.1) is 0 Å². The van der Waals surface area contributed by atoms with Crippen molar-refractivity contribution in [3.63, 3.8) is 0 Å². The smallest absolute Gasteiger partial charge is 0.0350 e. The zero-order valence-corrected chi connectivity index (χ0v) is 7.04. The van der Waals surface area contributed by atoms with Gasteiger partial charge in [-0.1, -0.05) is 30.3 Å². The first kappa shape index (κ1) is 7.17. The lowest BCUT2D eigenvalue weighted by Gasteiger charge is -2.03. The molecule has 0 bridgehead atoms. The molecule has 0 saturated heterocycles. The van der Waals surface area contributed by atoms with Crippen LogP contribution in [0.1, 0.15) is 5.56 Å². The molecule has 0 saturated carbocycles. The minimum atomic E-state index is 0.869. The van der Waals surface area contributed by atoms with Gasteiger partial charge in [0.1, 0.15) is 0 Å². The maximum absolute atomic E-state index is 5.79. The third kappa shape index (κ3) is 0.944. The second kappa shape index (κ2) is 2.52. The van der Waals surface area contributed by atoms with Crippen LogP contribution in [-0.4, -0.2) is 0 Å². The average molecular weight is 157 g/mol. The van der Waals surface area contributed by atoms with Gasteiger partial charge in [-0.2, -0.15) is 0 Å². The largest absolute Gasteiger partial charge is 0.398 e. The Morgan fingerprint density at radius 2 is 1.75 bits per heavy atom. The predicted molar refractivity (Wildman–Crippen MR) is 53.1 cm³/mol. The summed E-state index contributed by atoms with van der Waals surface area (Å²) in [4.78, 5) is 0. The molecule has 2 aromatic carbocycles. The fraction of sp³-hybridized carbons (Fsp3) is 0.0909. The number of hydrogen-bond acceptors (Lipinski definition) is 1. The normalized spacial score (nSPS) is 10.4. The van der Waals surface area contributed by atoms with E-state index in [4.69, 9.17) is 5.73 Å². The molecular formula is C11H11N. The number of aryl methyl sites for hydroxylation is 1. The quantitative estimate of drug-likeness (QED) is 0.584. The van der Waals surface area contributed by atoms with Crippen LogP contribution in [0.25, 0.3) is 10.8 Å². The Bertz CT molecular complexity index is 418. The lowest BCUT2D eigenvalue weighted by molar-refractivity contribution is 1.52. The monoisotopic (exact) mass is 157 g/mol. The molecule has 0 amide bonds. The minimum absolute atomic E-state index is 0.869. The number of anilines is 1. The number of fused-ring (bicyclic) bond motifs is 1. The van der Waals surface area contributed by atoms with Crippen molar-refractivity contribution in [3.05, 3.63) is 42.0 Å². The zero-order chi connectivity index (χ0) is 8.55. The summed E-state index contributed by atoms with van der Waals surface area (Å²) in [5.74, 6) is 0. The fourth-order valence-electron chi connectivity index (χ4n) is 1.44. The summed E-state index contributed by atoms with van der Waals surface area (Å²) in [7, 11) is 0. The van der Waals surface area contributed by atoms with E-state index in [0.29, 0.717) is 0 Å². The molecule has 0 atom stereocenters. The van der Waals surface area contributed by atoms with Gasteiger partial charge in [-0.05, 0) is 29.3 Å². The van der Waals surface area contributed by atoms with Crippen LogP contribution >= 0.6 is 0 Å². The molecular weight excluding hydrogens is 146 g/mol. The molecule has 0 aromatic heterocycles. The lowest BCUT2D eigenvalue weighted by atomic mass is 10.0. The highest BCUT2D eigenvalue weighted by atomic mass is 14.5. The molecule has 0 aliphatic heterocycles. The molecule has 0 heterocycles. The van der Waals surface area contributed by atoms with E-state index < -0.39 is 0 Å². The summed E-state index contributed by atoms with van der Waals surface area (Å²) in [6.45, 7) is 2.05. The first-order valence-corrected chi connectivity index (χ1v) is 4.03. The van der Waals surface area contributed by atoms with Crippen LogP contribution in [0.2, 0.25) is 0 Å². The van der Waals surface area contributed by atoms with Crippen LogP contribution in [0.15, 0.2) is 36.4 Å². The van der Waals surface area contributed by atoms with Crippen LogP contribution in [-0.2, 0) is 0 Å². The average Bonchev–Trinajstić information content (AvgIpc) is 2.12. The lowest BCUT2D eigenvalue weighted by Crippen LogP contribution is -1.89. The number of rotatable bonds is 0. The topological polar surface area (TPSA) is 26.0 Å². The second-order valence-electron chi connectivity index (χ2n) is 3.00. The van der Waals surface area contributed by atoms with Gasteiger partial charge in [-0.15, -0.1) is 0 Å². The molecule has 60 valence electrons. The third-order valence-corrected chi connectivity index (χ3v) is 2.24. The van der Waals surface area contributed by atoms with Crippen molar-refractivity contribution in [1.29, 1.82) is 0 Å². The third-order valence-electron chi connectivity index (χ3n) is 2.24. The number of benzene rings is 2. The fourth-order valence-corrected chi connectivity index (χ4v) is 1.44. The molecule has 0 fully saturated rings. The zero-order valence-electron chi connectivity index (χ0n) is 7.04. The minimum Gasteiger partial charge on any atom is -0.398 e. The van der Waals surface area contributed by atoms with E-state index >= 15 is 0 Å². The Morgan fingerprint density at radius 1 is 1.00 bits per heavy atom. The first-order valence-electron chi connectivity index (χ1n) is 4.03. The molecule has 2 rings (SSSR count). The summed E-state index contributed by atoms with van der Waals surface area (Å²) < 4.78 is 0. The van der Waals surface area contributed by atoms with Crippen molar-refractivity contribution in [3.8, 4) is 0 Å². The van der Waals surface area contributed by atoms with E-state index in [0.717, 1.165) is 5.69 Å². The van der Waals surface area contributed by atoms with Gasteiger partial charge in [0.15, 0.2) is 0 Å². The molecule has 0 spiro atoms. The molecule has 0 unspecified atom stereocenters. The highest BCUT2D eigenvalue weighted by Gasteiger charge is 1.97. The first-order chi connectivity index (χ1) is 5.79. The van der Waals surface area contributed by atoms with Crippen molar-refractivity contribution < 1.29 is 0 Å². The summed E-state index contributed by atoms with van der Waals surface area (Å²) in [6.07, 6.45) is 0.